The van der Waals surface area contributed by atoms with Gasteiger partial charge in [0.25, 0.3) is 0 Å². The van der Waals surface area contributed by atoms with E-state index in [9.17, 15) is 9.59 Å². The molecular weight excluding hydrogens is 416 g/mol. The molecule has 0 amide bonds. The van der Waals surface area contributed by atoms with Gasteiger partial charge in [0.05, 0.1) is 39.6 Å². The molecule has 0 aliphatic heterocycles. The van der Waals surface area contributed by atoms with Crippen LogP contribution in [0, 0.1) is 5.92 Å². The summed E-state index contributed by atoms with van der Waals surface area (Å²) in [5, 5.41) is 0. The summed E-state index contributed by atoms with van der Waals surface area (Å²) in [5.41, 5.74) is 0. The third-order valence-electron chi connectivity index (χ3n) is 4.80. The molecule has 0 rings (SSSR count). The number of carbonyl (C=O) groups excluding carboxylic acids is 2. The molecule has 0 aromatic rings. The minimum Gasteiger partial charge on any atom is -0.463 e. The zero-order valence-corrected chi connectivity index (χ0v) is 20.6. The molecule has 0 saturated heterocycles. The van der Waals surface area contributed by atoms with E-state index in [0.717, 1.165) is 45.3 Å². The number of ether oxygens (including phenoxy) is 6. The van der Waals surface area contributed by atoms with E-state index >= 15 is 0 Å². The molecule has 8 nitrogen and oxygen atoms in total. The lowest BCUT2D eigenvalue weighted by Crippen LogP contribution is -2.17. The Hall–Kier alpha value is -1.22. The van der Waals surface area contributed by atoms with E-state index in [-0.39, 0.29) is 37.5 Å². The maximum Gasteiger partial charge on any atom is 0.306 e. The zero-order chi connectivity index (χ0) is 23.7. The smallest absolute Gasteiger partial charge is 0.306 e. The molecule has 0 heterocycles. The fourth-order valence-corrected chi connectivity index (χ4v) is 2.70. The Kier molecular flexibility index (Phi) is 23.5. The molecule has 0 aromatic carbocycles. The molecule has 0 aliphatic rings. The minimum atomic E-state index is -0.269. The lowest BCUT2D eigenvalue weighted by Gasteiger charge is -2.14. The van der Waals surface area contributed by atoms with Gasteiger partial charge in [-0.15, -0.1) is 0 Å². The van der Waals surface area contributed by atoms with E-state index in [1.54, 1.807) is 0 Å². The Morgan fingerprint density at radius 1 is 0.594 bits per heavy atom. The molecular formula is C24H46O8. The summed E-state index contributed by atoms with van der Waals surface area (Å²) in [7, 11) is 0. The van der Waals surface area contributed by atoms with Crippen molar-refractivity contribution < 1.29 is 38.0 Å². The van der Waals surface area contributed by atoms with Crippen LogP contribution in [0.2, 0.25) is 0 Å². The largest absolute Gasteiger partial charge is 0.463 e. The number of carbonyl (C=O) groups is 2. The molecule has 0 N–H and O–H groups in total. The summed E-state index contributed by atoms with van der Waals surface area (Å²) >= 11 is 0. The highest BCUT2D eigenvalue weighted by molar-refractivity contribution is 5.71. The molecule has 8 heteroatoms. The monoisotopic (exact) mass is 462 g/mol. The Morgan fingerprint density at radius 3 is 1.50 bits per heavy atom. The lowest BCUT2D eigenvalue weighted by molar-refractivity contribution is -0.148. The van der Waals surface area contributed by atoms with Gasteiger partial charge in [0.2, 0.25) is 0 Å². The third-order valence-corrected chi connectivity index (χ3v) is 4.80. The fraction of sp³-hybridized carbons (Fsp3) is 0.917. The topological polar surface area (TPSA) is 89.5 Å². The van der Waals surface area contributed by atoms with Crippen LogP contribution < -0.4 is 0 Å². The SMILES string of the molecule is CCCCOCCOCCOC(=O)CCC(CC)CC(=O)OCCOCCOCCCC. The van der Waals surface area contributed by atoms with E-state index in [2.05, 4.69) is 13.8 Å². The summed E-state index contributed by atoms with van der Waals surface area (Å²) in [6.07, 6.45) is 6.31. The Labute approximate surface area is 194 Å². The highest BCUT2D eigenvalue weighted by Gasteiger charge is 2.15. The van der Waals surface area contributed by atoms with Crippen LogP contribution in [-0.4, -0.2) is 78.0 Å². The minimum absolute atomic E-state index is 0.0967. The van der Waals surface area contributed by atoms with Crippen molar-refractivity contribution >= 4 is 11.9 Å². The molecule has 1 unspecified atom stereocenters. The number of rotatable bonds is 24. The number of esters is 2. The van der Waals surface area contributed by atoms with Crippen LogP contribution in [0.5, 0.6) is 0 Å². The van der Waals surface area contributed by atoms with Crippen LogP contribution in [0.25, 0.3) is 0 Å². The highest BCUT2D eigenvalue weighted by Crippen LogP contribution is 2.16. The first-order valence-corrected chi connectivity index (χ1v) is 12.3. The highest BCUT2D eigenvalue weighted by atomic mass is 16.6. The van der Waals surface area contributed by atoms with E-state index in [1.807, 2.05) is 6.92 Å². The summed E-state index contributed by atoms with van der Waals surface area (Å²) in [6, 6.07) is 0. The quantitative estimate of drug-likeness (QED) is 0.157. The van der Waals surface area contributed by atoms with E-state index < -0.39 is 0 Å². The van der Waals surface area contributed by atoms with Crippen LogP contribution >= 0.6 is 0 Å². The van der Waals surface area contributed by atoms with Gasteiger partial charge in [0.1, 0.15) is 13.2 Å². The van der Waals surface area contributed by atoms with Gasteiger partial charge in [0.15, 0.2) is 0 Å². The standard InChI is InChI=1S/C24H46O8/c1-4-7-11-27-13-15-29-17-19-31-23(25)10-9-22(6-3)21-24(26)32-20-18-30-16-14-28-12-8-5-2/h22H,4-21H2,1-3H3. The van der Waals surface area contributed by atoms with Gasteiger partial charge < -0.3 is 28.4 Å². The van der Waals surface area contributed by atoms with Crippen molar-refractivity contribution in [1.29, 1.82) is 0 Å². The zero-order valence-electron chi connectivity index (χ0n) is 20.6. The predicted octanol–water partition coefficient (Wildman–Crippen LogP) is 3.94. The van der Waals surface area contributed by atoms with Crippen LogP contribution in [0.1, 0.15) is 72.1 Å². The number of hydrogen-bond acceptors (Lipinski definition) is 8. The van der Waals surface area contributed by atoms with Gasteiger partial charge in [-0.25, -0.2) is 0 Å². The molecule has 0 bridgehead atoms. The summed E-state index contributed by atoms with van der Waals surface area (Å²) in [6.45, 7) is 11.0. The van der Waals surface area contributed by atoms with Crippen molar-refractivity contribution in [3.05, 3.63) is 0 Å². The Morgan fingerprint density at radius 2 is 1.03 bits per heavy atom. The first kappa shape index (κ1) is 30.8. The van der Waals surface area contributed by atoms with Crippen LogP contribution in [0.15, 0.2) is 0 Å². The summed E-state index contributed by atoms with van der Waals surface area (Å²) < 4.78 is 31.9. The molecule has 190 valence electrons. The molecule has 0 aliphatic carbocycles. The second kappa shape index (κ2) is 24.4. The molecule has 0 fully saturated rings. The van der Waals surface area contributed by atoms with Gasteiger partial charge in [-0.2, -0.15) is 0 Å². The van der Waals surface area contributed by atoms with Crippen molar-refractivity contribution in [1.82, 2.24) is 0 Å². The van der Waals surface area contributed by atoms with Crippen LogP contribution in [-0.2, 0) is 38.0 Å². The number of unbranched alkanes of at least 4 members (excludes halogenated alkanes) is 2. The molecule has 0 aromatic heterocycles. The maximum atomic E-state index is 12.0. The summed E-state index contributed by atoms with van der Waals surface area (Å²) in [5.74, 6) is -0.434. The van der Waals surface area contributed by atoms with E-state index in [0.29, 0.717) is 52.5 Å². The Bertz CT molecular complexity index is 430. The van der Waals surface area contributed by atoms with Crippen molar-refractivity contribution in [2.45, 2.75) is 72.1 Å². The molecule has 0 radical (unpaired) electrons. The van der Waals surface area contributed by atoms with Crippen LogP contribution in [0.3, 0.4) is 0 Å². The third kappa shape index (κ3) is 22.0. The van der Waals surface area contributed by atoms with E-state index in [1.165, 1.54) is 0 Å². The average Bonchev–Trinajstić information content (AvgIpc) is 2.79. The Balaban J connectivity index is 3.61. The van der Waals surface area contributed by atoms with E-state index in [4.69, 9.17) is 28.4 Å². The predicted molar refractivity (Wildman–Crippen MR) is 123 cm³/mol. The number of hydrogen-bond donors (Lipinski definition) is 0. The van der Waals surface area contributed by atoms with Gasteiger partial charge in [-0.1, -0.05) is 40.0 Å². The van der Waals surface area contributed by atoms with Gasteiger partial charge in [-0.05, 0) is 25.2 Å². The first-order valence-electron chi connectivity index (χ1n) is 12.3. The first-order chi connectivity index (χ1) is 15.6. The maximum absolute atomic E-state index is 12.0. The van der Waals surface area contributed by atoms with Crippen molar-refractivity contribution in [2.75, 3.05) is 66.1 Å². The fourth-order valence-electron chi connectivity index (χ4n) is 2.70. The molecule has 0 spiro atoms. The molecule has 0 saturated carbocycles. The van der Waals surface area contributed by atoms with Crippen molar-refractivity contribution in [3.8, 4) is 0 Å². The molecule has 1 atom stereocenters. The summed E-state index contributed by atoms with van der Waals surface area (Å²) in [4.78, 5) is 23.8. The van der Waals surface area contributed by atoms with Crippen LogP contribution in [0.4, 0.5) is 0 Å². The normalized spacial score (nSPS) is 12.0. The second-order valence-corrected chi connectivity index (χ2v) is 7.61. The van der Waals surface area contributed by atoms with Crippen molar-refractivity contribution in [3.63, 3.8) is 0 Å². The second-order valence-electron chi connectivity index (χ2n) is 7.61. The molecule has 32 heavy (non-hydrogen) atoms. The van der Waals surface area contributed by atoms with Gasteiger partial charge >= 0.3 is 11.9 Å². The van der Waals surface area contributed by atoms with Gasteiger partial charge in [-0.3, -0.25) is 9.59 Å². The lowest BCUT2D eigenvalue weighted by atomic mass is 9.97. The van der Waals surface area contributed by atoms with Gasteiger partial charge in [0, 0.05) is 26.1 Å². The van der Waals surface area contributed by atoms with Crippen molar-refractivity contribution in [2.24, 2.45) is 5.92 Å². The average molecular weight is 463 g/mol.